The molecule has 2 rings (SSSR count). The zero-order chi connectivity index (χ0) is 15.6. The Bertz CT molecular complexity index is 443. The van der Waals surface area contributed by atoms with Crippen molar-refractivity contribution in [2.24, 2.45) is 11.1 Å². The minimum absolute atomic E-state index is 0.522. The Hall–Kier alpha value is -1.51. The zero-order valence-electron chi connectivity index (χ0n) is 14.0. The van der Waals surface area contributed by atoms with Gasteiger partial charge < -0.3 is 9.57 Å². The largest absolute Gasteiger partial charge is 0.497 e. The highest BCUT2D eigenvalue weighted by molar-refractivity contribution is 5.83. The summed E-state index contributed by atoms with van der Waals surface area (Å²) in [5.74, 6) is 1.47. The van der Waals surface area contributed by atoms with Crippen LogP contribution in [0, 0.1) is 5.92 Å². The van der Waals surface area contributed by atoms with Gasteiger partial charge in [0.15, 0.2) is 0 Å². The molecule has 1 saturated carbocycles. The first-order valence-corrected chi connectivity index (χ1v) is 8.59. The van der Waals surface area contributed by atoms with Crippen molar-refractivity contribution in [3.8, 4) is 5.75 Å². The van der Waals surface area contributed by atoms with Crippen LogP contribution in [0.1, 0.15) is 63.9 Å². The fourth-order valence-corrected chi connectivity index (χ4v) is 3.06. The van der Waals surface area contributed by atoms with E-state index in [1.54, 1.807) is 7.11 Å². The first kappa shape index (κ1) is 16.9. The Morgan fingerprint density at radius 2 is 1.59 bits per heavy atom. The van der Waals surface area contributed by atoms with Gasteiger partial charge in [-0.15, -0.1) is 0 Å². The molecule has 0 unspecified atom stereocenters. The van der Waals surface area contributed by atoms with Crippen molar-refractivity contribution < 1.29 is 9.57 Å². The number of hydrogen-bond acceptors (Lipinski definition) is 3. The van der Waals surface area contributed by atoms with Crippen LogP contribution in [0.3, 0.4) is 0 Å². The molecular formula is C19H29NO2. The number of methoxy groups -OCH3 is 1. The Balaban J connectivity index is 1.81. The third-order valence-corrected chi connectivity index (χ3v) is 4.54. The van der Waals surface area contributed by atoms with E-state index in [0.717, 1.165) is 17.0 Å². The van der Waals surface area contributed by atoms with Gasteiger partial charge in [0.05, 0.1) is 12.8 Å². The fraction of sp³-hybridized carbons (Fsp3) is 0.632. The van der Waals surface area contributed by atoms with E-state index in [2.05, 4.69) is 12.1 Å². The molecule has 0 spiro atoms. The van der Waals surface area contributed by atoms with Gasteiger partial charge in [0.1, 0.15) is 12.4 Å². The van der Waals surface area contributed by atoms with E-state index >= 15 is 0 Å². The van der Waals surface area contributed by atoms with Crippen LogP contribution in [0.2, 0.25) is 0 Å². The predicted molar refractivity (Wildman–Crippen MR) is 91.3 cm³/mol. The second kappa shape index (κ2) is 9.50. The molecule has 0 bridgehead atoms. The van der Waals surface area contributed by atoms with Crippen molar-refractivity contribution in [2.45, 2.75) is 64.9 Å². The lowest BCUT2D eigenvalue weighted by atomic mass is 9.93. The van der Waals surface area contributed by atoms with E-state index in [9.17, 15) is 0 Å². The van der Waals surface area contributed by atoms with Crippen LogP contribution in [0.5, 0.6) is 5.75 Å². The van der Waals surface area contributed by atoms with Crippen LogP contribution < -0.4 is 4.74 Å². The monoisotopic (exact) mass is 303 g/mol. The maximum atomic E-state index is 5.56. The van der Waals surface area contributed by atoms with E-state index in [4.69, 9.17) is 9.57 Å². The van der Waals surface area contributed by atoms with Crippen LogP contribution in [0.25, 0.3) is 0 Å². The smallest absolute Gasteiger partial charge is 0.142 e. The normalized spacial score (nSPS) is 18.2. The molecular weight excluding hydrogens is 274 g/mol. The third kappa shape index (κ3) is 5.70. The molecule has 0 radical (unpaired) electrons. The van der Waals surface area contributed by atoms with Crippen molar-refractivity contribution >= 4 is 5.71 Å². The second-order valence-electron chi connectivity index (χ2n) is 6.25. The molecule has 3 heteroatoms. The number of rotatable bonds is 5. The Morgan fingerprint density at radius 1 is 1.00 bits per heavy atom. The van der Waals surface area contributed by atoms with Crippen molar-refractivity contribution in [1.29, 1.82) is 0 Å². The zero-order valence-corrected chi connectivity index (χ0v) is 14.0. The van der Waals surface area contributed by atoms with Gasteiger partial charge in [-0.2, -0.15) is 0 Å². The van der Waals surface area contributed by atoms with Crippen molar-refractivity contribution in [3.63, 3.8) is 0 Å². The number of nitrogens with zero attached hydrogens (tertiary/aromatic N) is 1. The average molecular weight is 303 g/mol. The van der Waals surface area contributed by atoms with Crippen LogP contribution in [-0.4, -0.2) is 12.8 Å². The van der Waals surface area contributed by atoms with Crippen LogP contribution in [-0.2, 0) is 11.4 Å². The highest BCUT2D eigenvalue weighted by atomic mass is 16.6. The lowest BCUT2D eigenvalue weighted by Crippen LogP contribution is -2.12. The Labute approximate surface area is 134 Å². The molecule has 1 aliphatic carbocycles. The highest BCUT2D eigenvalue weighted by Gasteiger charge is 2.14. The lowest BCUT2D eigenvalue weighted by molar-refractivity contribution is 0.128. The van der Waals surface area contributed by atoms with E-state index in [1.807, 2.05) is 24.3 Å². The summed E-state index contributed by atoms with van der Waals surface area (Å²) in [5.41, 5.74) is 2.28. The van der Waals surface area contributed by atoms with Crippen LogP contribution >= 0.6 is 0 Å². The molecule has 0 aromatic heterocycles. The third-order valence-electron chi connectivity index (χ3n) is 4.54. The first-order chi connectivity index (χ1) is 10.8. The summed E-state index contributed by atoms with van der Waals surface area (Å²) in [6.07, 6.45) is 10.7. The number of oxime groups is 1. The minimum Gasteiger partial charge on any atom is -0.497 e. The molecule has 0 atom stereocenters. The maximum Gasteiger partial charge on any atom is 0.142 e. The highest BCUT2D eigenvalue weighted by Crippen LogP contribution is 2.23. The van der Waals surface area contributed by atoms with E-state index in [-0.39, 0.29) is 0 Å². The van der Waals surface area contributed by atoms with Gasteiger partial charge in [-0.3, -0.25) is 0 Å². The minimum atomic E-state index is 0.522. The molecule has 1 fully saturated rings. The quantitative estimate of drug-likeness (QED) is 0.543. The standard InChI is InChI=1S/C19H29NO2/c1-16(18-9-7-5-3-4-6-8-10-18)20-22-15-17-11-13-19(21-2)14-12-17/h11-14,18H,3-10,15H2,1-2H3. The first-order valence-electron chi connectivity index (χ1n) is 8.59. The SMILES string of the molecule is COc1ccc(CON=C(C)C2CCCCCCCC2)cc1. The van der Waals surface area contributed by atoms with Crippen molar-refractivity contribution in [3.05, 3.63) is 29.8 Å². The Kier molecular flexibility index (Phi) is 7.27. The molecule has 3 nitrogen and oxygen atoms in total. The van der Waals surface area contributed by atoms with E-state index in [1.165, 1.54) is 51.4 Å². The molecule has 1 aromatic rings. The lowest BCUT2D eigenvalue weighted by Gasteiger charge is -2.15. The molecule has 0 N–H and O–H groups in total. The van der Waals surface area contributed by atoms with Gasteiger partial charge in [0, 0.05) is 5.92 Å². The molecule has 0 aliphatic heterocycles. The van der Waals surface area contributed by atoms with Gasteiger partial charge in [-0.1, -0.05) is 55.8 Å². The van der Waals surface area contributed by atoms with E-state index < -0.39 is 0 Å². The van der Waals surface area contributed by atoms with Gasteiger partial charge >= 0.3 is 0 Å². The molecule has 0 saturated heterocycles. The van der Waals surface area contributed by atoms with Crippen LogP contribution in [0.4, 0.5) is 0 Å². The summed E-state index contributed by atoms with van der Waals surface area (Å²) in [6.45, 7) is 2.64. The summed E-state index contributed by atoms with van der Waals surface area (Å²) in [7, 11) is 1.68. The molecule has 1 aromatic carbocycles. The summed E-state index contributed by atoms with van der Waals surface area (Å²) < 4.78 is 5.16. The van der Waals surface area contributed by atoms with Gasteiger partial charge in [-0.25, -0.2) is 0 Å². The van der Waals surface area contributed by atoms with Gasteiger partial charge in [0.25, 0.3) is 0 Å². The van der Waals surface area contributed by atoms with Gasteiger partial charge in [-0.05, 0) is 37.5 Å². The maximum absolute atomic E-state index is 5.56. The fourth-order valence-electron chi connectivity index (χ4n) is 3.06. The molecule has 122 valence electrons. The average Bonchev–Trinajstić information content (AvgIpc) is 2.69. The number of benzene rings is 1. The van der Waals surface area contributed by atoms with Crippen LogP contribution in [0.15, 0.2) is 29.4 Å². The van der Waals surface area contributed by atoms with Crippen molar-refractivity contribution in [2.75, 3.05) is 7.11 Å². The predicted octanol–water partition coefficient (Wildman–Crippen LogP) is 5.34. The summed E-state index contributed by atoms with van der Waals surface area (Å²) in [6, 6.07) is 7.94. The summed E-state index contributed by atoms with van der Waals surface area (Å²) in [5, 5.41) is 4.37. The van der Waals surface area contributed by atoms with Gasteiger partial charge in [0.2, 0.25) is 0 Å². The molecule has 0 amide bonds. The second-order valence-corrected chi connectivity index (χ2v) is 6.25. The van der Waals surface area contributed by atoms with E-state index in [0.29, 0.717) is 12.5 Å². The molecule has 22 heavy (non-hydrogen) atoms. The summed E-state index contributed by atoms with van der Waals surface area (Å²) >= 11 is 0. The number of ether oxygens (including phenoxy) is 1. The molecule has 1 aliphatic rings. The molecule has 0 heterocycles. The summed E-state index contributed by atoms with van der Waals surface area (Å²) in [4.78, 5) is 5.56. The Morgan fingerprint density at radius 3 is 2.18 bits per heavy atom. The topological polar surface area (TPSA) is 30.8 Å². The van der Waals surface area contributed by atoms with Crippen molar-refractivity contribution in [1.82, 2.24) is 0 Å². The number of hydrogen-bond donors (Lipinski definition) is 0.